The molecule has 1 aromatic carbocycles. The fraction of sp³-hybridized carbons (Fsp3) is 0.250. The summed E-state index contributed by atoms with van der Waals surface area (Å²) in [5, 5.41) is 4.31. The number of anilines is 3. The van der Waals surface area contributed by atoms with Gasteiger partial charge >= 0.3 is 0 Å². The fourth-order valence-electron chi connectivity index (χ4n) is 2.65. The van der Waals surface area contributed by atoms with Gasteiger partial charge in [0.25, 0.3) is 0 Å². The van der Waals surface area contributed by atoms with Gasteiger partial charge in [-0.3, -0.25) is 0 Å². The number of para-hydroxylation sites is 1. The van der Waals surface area contributed by atoms with Crippen molar-refractivity contribution < 1.29 is 4.74 Å². The number of aromatic amines is 1. The number of nitrogens with one attached hydrogen (secondary N) is 2. The standard InChI is InChI=1S/C16H17N5O/c1-2-4-12(5-3-1)18-16-19-14-13(6-7-17-14)15(20-16)21-8-10-22-11-9-21/h1-7H,8-11H2,(H2,17,18,19,20). The van der Waals surface area contributed by atoms with Crippen LogP contribution in [0.4, 0.5) is 17.5 Å². The van der Waals surface area contributed by atoms with Crippen LogP contribution in [0, 0.1) is 0 Å². The largest absolute Gasteiger partial charge is 0.378 e. The van der Waals surface area contributed by atoms with Crippen LogP contribution < -0.4 is 10.2 Å². The number of ether oxygens (including phenoxy) is 1. The first kappa shape index (κ1) is 13.1. The van der Waals surface area contributed by atoms with Crippen LogP contribution in [0.5, 0.6) is 0 Å². The Balaban J connectivity index is 1.73. The minimum atomic E-state index is 0.600. The lowest BCUT2D eigenvalue weighted by Gasteiger charge is -2.28. The summed E-state index contributed by atoms with van der Waals surface area (Å²) in [6.07, 6.45) is 1.90. The molecule has 1 fully saturated rings. The zero-order chi connectivity index (χ0) is 14.8. The van der Waals surface area contributed by atoms with E-state index in [4.69, 9.17) is 9.72 Å². The minimum absolute atomic E-state index is 0.600. The van der Waals surface area contributed by atoms with Crippen LogP contribution in [-0.4, -0.2) is 41.3 Å². The SMILES string of the molecule is c1ccc(Nc2nc(N3CCOCC3)c3cc[nH]c3n2)cc1. The van der Waals surface area contributed by atoms with Gasteiger partial charge < -0.3 is 19.9 Å². The molecule has 1 saturated heterocycles. The summed E-state index contributed by atoms with van der Waals surface area (Å²) < 4.78 is 5.43. The molecule has 0 saturated carbocycles. The average molecular weight is 295 g/mol. The van der Waals surface area contributed by atoms with Crippen LogP contribution in [0.3, 0.4) is 0 Å². The molecule has 112 valence electrons. The third-order valence-corrected chi connectivity index (χ3v) is 3.74. The van der Waals surface area contributed by atoms with E-state index in [1.807, 2.05) is 42.6 Å². The van der Waals surface area contributed by atoms with E-state index in [0.717, 1.165) is 48.8 Å². The minimum Gasteiger partial charge on any atom is -0.378 e. The maximum absolute atomic E-state index is 5.43. The highest BCUT2D eigenvalue weighted by molar-refractivity contribution is 5.89. The molecule has 0 radical (unpaired) electrons. The third-order valence-electron chi connectivity index (χ3n) is 3.74. The maximum atomic E-state index is 5.43. The predicted octanol–water partition coefficient (Wildman–Crippen LogP) is 2.54. The van der Waals surface area contributed by atoms with Crippen LogP contribution in [0.1, 0.15) is 0 Å². The van der Waals surface area contributed by atoms with E-state index < -0.39 is 0 Å². The van der Waals surface area contributed by atoms with Crippen molar-refractivity contribution in [3.05, 3.63) is 42.6 Å². The first-order chi connectivity index (χ1) is 10.9. The number of hydrogen-bond donors (Lipinski definition) is 2. The van der Waals surface area contributed by atoms with Crippen molar-refractivity contribution in [1.29, 1.82) is 0 Å². The molecule has 0 atom stereocenters. The Morgan fingerprint density at radius 2 is 1.86 bits per heavy atom. The molecular formula is C16H17N5O. The monoisotopic (exact) mass is 295 g/mol. The first-order valence-electron chi connectivity index (χ1n) is 7.40. The van der Waals surface area contributed by atoms with Gasteiger partial charge in [0.1, 0.15) is 11.5 Å². The van der Waals surface area contributed by atoms with E-state index in [0.29, 0.717) is 5.95 Å². The van der Waals surface area contributed by atoms with Crippen molar-refractivity contribution in [2.75, 3.05) is 36.5 Å². The molecule has 1 aliphatic rings. The van der Waals surface area contributed by atoms with Crippen molar-refractivity contribution >= 4 is 28.5 Å². The van der Waals surface area contributed by atoms with Crippen molar-refractivity contribution in [3.63, 3.8) is 0 Å². The van der Waals surface area contributed by atoms with Crippen molar-refractivity contribution in [1.82, 2.24) is 15.0 Å². The molecule has 3 heterocycles. The summed E-state index contributed by atoms with van der Waals surface area (Å²) in [5.41, 5.74) is 1.82. The van der Waals surface area contributed by atoms with Gasteiger partial charge in [0.15, 0.2) is 0 Å². The molecule has 3 aromatic rings. The topological polar surface area (TPSA) is 66.1 Å². The van der Waals surface area contributed by atoms with Gasteiger partial charge in [0.2, 0.25) is 5.95 Å². The number of rotatable bonds is 3. The van der Waals surface area contributed by atoms with Gasteiger partial charge in [-0.2, -0.15) is 9.97 Å². The summed E-state index contributed by atoms with van der Waals surface area (Å²) in [7, 11) is 0. The summed E-state index contributed by atoms with van der Waals surface area (Å²) in [6.45, 7) is 3.17. The smallest absolute Gasteiger partial charge is 0.231 e. The lowest BCUT2D eigenvalue weighted by molar-refractivity contribution is 0.122. The van der Waals surface area contributed by atoms with Gasteiger partial charge in [0, 0.05) is 25.0 Å². The van der Waals surface area contributed by atoms with Gasteiger partial charge in [-0.1, -0.05) is 18.2 Å². The van der Waals surface area contributed by atoms with E-state index in [1.54, 1.807) is 0 Å². The van der Waals surface area contributed by atoms with E-state index >= 15 is 0 Å². The highest BCUT2D eigenvalue weighted by Crippen LogP contribution is 2.26. The molecule has 22 heavy (non-hydrogen) atoms. The Labute approximate surface area is 128 Å². The zero-order valence-corrected chi connectivity index (χ0v) is 12.1. The number of aromatic nitrogens is 3. The molecule has 4 rings (SSSR count). The lowest BCUT2D eigenvalue weighted by Crippen LogP contribution is -2.37. The lowest BCUT2D eigenvalue weighted by atomic mass is 10.3. The fourth-order valence-corrected chi connectivity index (χ4v) is 2.65. The van der Waals surface area contributed by atoms with E-state index in [-0.39, 0.29) is 0 Å². The molecule has 0 spiro atoms. The first-order valence-corrected chi connectivity index (χ1v) is 7.40. The number of benzene rings is 1. The number of fused-ring (bicyclic) bond motifs is 1. The zero-order valence-electron chi connectivity index (χ0n) is 12.1. The second kappa shape index (κ2) is 5.65. The van der Waals surface area contributed by atoms with E-state index in [9.17, 15) is 0 Å². The highest BCUT2D eigenvalue weighted by atomic mass is 16.5. The second-order valence-corrected chi connectivity index (χ2v) is 5.20. The van der Waals surface area contributed by atoms with Gasteiger partial charge in [-0.25, -0.2) is 0 Å². The molecule has 0 unspecified atom stereocenters. The Morgan fingerprint density at radius 3 is 2.68 bits per heavy atom. The molecule has 0 aliphatic carbocycles. The molecular weight excluding hydrogens is 278 g/mol. The predicted molar refractivity (Wildman–Crippen MR) is 86.6 cm³/mol. The number of morpholine rings is 1. The third kappa shape index (κ3) is 2.48. The van der Waals surface area contributed by atoms with Gasteiger partial charge in [0.05, 0.1) is 18.6 Å². The molecule has 2 aromatic heterocycles. The summed E-state index contributed by atoms with van der Waals surface area (Å²) in [5.74, 6) is 1.55. The summed E-state index contributed by atoms with van der Waals surface area (Å²) in [4.78, 5) is 14.7. The van der Waals surface area contributed by atoms with E-state index in [1.165, 1.54) is 0 Å². The molecule has 2 N–H and O–H groups in total. The Hall–Kier alpha value is -2.60. The normalized spacial score (nSPS) is 15.2. The van der Waals surface area contributed by atoms with Crippen LogP contribution in [0.2, 0.25) is 0 Å². The molecule has 0 bridgehead atoms. The van der Waals surface area contributed by atoms with Crippen LogP contribution in [0.15, 0.2) is 42.6 Å². The van der Waals surface area contributed by atoms with E-state index in [2.05, 4.69) is 20.2 Å². The average Bonchev–Trinajstić information content (AvgIpc) is 3.04. The van der Waals surface area contributed by atoms with Crippen LogP contribution in [0.25, 0.3) is 11.0 Å². The molecule has 1 aliphatic heterocycles. The van der Waals surface area contributed by atoms with Crippen molar-refractivity contribution in [2.45, 2.75) is 0 Å². The number of hydrogen-bond acceptors (Lipinski definition) is 5. The Morgan fingerprint density at radius 1 is 1.05 bits per heavy atom. The van der Waals surface area contributed by atoms with Gasteiger partial charge in [-0.05, 0) is 18.2 Å². The Bertz CT molecular complexity index is 765. The molecule has 6 nitrogen and oxygen atoms in total. The van der Waals surface area contributed by atoms with Crippen LogP contribution >= 0.6 is 0 Å². The van der Waals surface area contributed by atoms with Crippen molar-refractivity contribution in [2.24, 2.45) is 0 Å². The number of nitrogens with zero attached hydrogens (tertiary/aromatic N) is 3. The number of H-pyrrole nitrogens is 1. The highest BCUT2D eigenvalue weighted by Gasteiger charge is 2.17. The quantitative estimate of drug-likeness (QED) is 0.777. The van der Waals surface area contributed by atoms with Crippen LogP contribution in [-0.2, 0) is 4.74 Å². The maximum Gasteiger partial charge on any atom is 0.231 e. The Kier molecular flexibility index (Phi) is 3.36. The summed E-state index contributed by atoms with van der Waals surface area (Å²) in [6, 6.07) is 12.0. The molecule has 0 amide bonds. The second-order valence-electron chi connectivity index (χ2n) is 5.20. The molecule has 6 heteroatoms. The van der Waals surface area contributed by atoms with Gasteiger partial charge in [-0.15, -0.1) is 0 Å². The van der Waals surface area contributed by atoms with Crippen molar-refractivity contribution in [3.8, 4) is 0 Å². The summed E-state index contributed by atoms with van der Waals surface area (Å²) >= 11 is 0.